The van der Waals surface area contributed by atoms with Crippen LogP contribution >= 0.6 is 27.3 Å². The number of alkyl halides is 5. The van der Waals surface area contributed by atoms with Crippen LogP contribution in [0.15, 0.2) is 14.8 Å². The topological polar surface area (TPSA) is 47.3 Å². The molecule has 11 heteroatoms. The molecule has 2 aromatic rings. The highest BCUT2D eigenvalue weighted by molar-refractivity contribution is 9.11. The lowest BCUT2D eigenvalue weighted by atomic mass is 10.2. The SMILES string of the molecule is O=c1cc(C(F)(F)C(F)(F)F)n2nc(Br)sc2n1. The van der Waals surface area contributed by atoms with Crippen molar-refractivity contribution in [3.63, 3.8) is 0 Å². The number of hydrogen-bond donors (Lipinski definition) is 0. The van der Waals surface area contributed by atoms with Crippen molar-refractivity contribution in [1.82, 2.24) is 14.6 Å². The van der Waals surface area contributed by atoms with Gasteiger partial charge in [-0.05, 0) is 15.9 Å². The molecule has 0 saturated carbocycles. The van der Waals surface area contributed by atoms with Gasteiger partial charge in [-0.1, -0.05) is 11.3 Å². The summed E-state index contributed by atoms with van der Waals surface area (Å²) in [6.07, 6.45) is -5.82. The Balaban J connectivity index is 2.82. The number of halogens is 6. The Morgan fingerprint density at radius 1 is 1.28 bits per heavy atom. The number of nitrogens with zero attached hydrogens (tertiary/aromatic N) is 3. The van der Waals surface area contributed by atoms with Crippen molar-refractivity contribution < 1.29 is 22.0 Å². The number of fused-ring (bicyclic) bond motifs is 1. The van der Waals surface area contributed by atoms with E-state index in [0.717, 1.165) is 0 Å². The van der Waals surface area contributed by atoms with Gasteiger partial charge in [0.05, 0.1) is 0 Å². The predicted molar refractivity (Wildman–Crippen MR) is 54.8 cm³/mol. The van der Waals surface area contributed by atoms with Crippen LogP contribution in [0.1, 0.15) is 5.69 Å². The smallest absolute Gasteiger partial charge is 0.267 e. The van der Waals surface area contributed by atoms with Crippen LogP contribution in [-0.4, -0.2) is 20.8 Å². The third kappa shape index (κ3) is 2.00. The molecule has 0 fully saturated rings. The third-order valence-electron chi connectivity index (χ3n) is 1.91. The van der Waals surface area contributed by atoms with E-state index in [2.05, 4.69) is 26.0 Å². The molecule has 0 spiro atoms. The van der Waals surface area contributed by atoms with E-state index in [9.17, 15) is 26.7 Å². The molecular weight excluding hydrogens is 349 g/mol. The van der Waals surface area contributed by atoms with Gasteiger partial charge in [-0.15, -0.1) is 5.10 Å². The van der Waals surface area contributed by atoms with Crippen LogP contribution in [0.3, 0.4) is 0 Å². The summed E-state index contributed by atoms with van der Waals surface area (Å²) in [5.41, 5.74) is -2.75. The first kappa shape index (κ1) is 13.3. The molecule has 0 saturated heterocycles. The molecule has 0 aliphatic carbocycles. The zero-order chi connectivity index (χ0) is 13.7. The molecule has 2 heterocycles. The molecule has 0 amide bonds. The summed E-state index contributed by atoms with van der Waals surface area (Å²) in [6, 6.07) is 0.118. The Hall–Kier alpha value is -1.10. The van der Waals surface area contributed by atoms with Gasteiger partial charge in [0, 0.05) is 6.07 Å². The molecule has 2 rings (SSSR count). The van der Waals surface area contributed by atoms with Crippen molar-refractivity contribution in [1.29, 1.82) is 0 Å². The molecule has 0 unspecified atom stereocenters. The van der Waals surface area contributed by atoms with Crippen LogP contribution in [0.2, 0.25) is 0 Å². The van der Waals surface area contributed by atoms with Gasteiger partial charge in [0.25, 0.3) is 5.56 Å². The van der Waals surface area contributed by atoms with Gasteiger partial charge in [0.1, 0.15) is 5.69 Å². The molecule has 2 aromatic heterocycles. The van der Waals surface area contributed by atoms with E-state index in [1.165, 1.54) is 0 Å². The molecular formula is C7HBrF5N3OS. The van der Waals surface area contributed by atoms with Crippen LogP contribution < -0.4 is 5.56 Å². The summed E-state index contributed by atoms with van der Waals surface area (Å²) < 4.78 is 63.6. The van der Waals surface area contributed by atoms with Gasteiger partial charge in [0.15, 0.2) is 3.92 Å². The quantitative estimate of drug-likeness (QED) is 0.743. The van der Waals surface area contributed by atoms with Gasteiger partial charge < -0.3 is 0 Å². The standard InChI is InChI=1S/C7HBrF5N3OS/c8-4-15-16-2(6(9,10)7(11,12)13)1-3(17)14-5(16)18-4/h1H. The van der Waals surface area contributed by atoms with E-state index in [-0.39, 0.29) is 14.9 Å². The number of hydrogen-bond acceptors (Lipinski definition) is 4. The molecule has 0 aliphatic heterocycles. The normalized spacial score (nSPS) is 13.2. The maximum Gasteiger partial charge on any atom is 0.459 e. The molecule has 98 valence electrons. The van der Waals surface area contributed by atoms with E-state index in [0.29, 0.717) is 15.9 Å². The third-order valence-corrected chi connectivity index (χ3v) is 3.25. The van der Waals surface area contributed by atoms with E-state index in [1.54, 1.807) is 0 Å². The Labute approximate surface area is 107 Å². The van der Waals surface area contributed by atoms with Crippen molar-refractivity contribution in [2.75, 3.05) is 0 Å². The largest absolute Gasteiger partial charge is 0.459 e. The average Bonchev–Trinajstić information content (AvgIpc) is 2.54. The molecule has 0 aromatic carbocycles. The summed E-state index contributed by atoms with van der Waals surface area (Å²) in [5.74, 6) is -5.19. The summed E-state index contributed by atoms with van der Waals surface area (Å²) in [6.45, 7) is 0. The van der Waals surface area contributed by atoms with Crippen LogP contribution in [-0.2, 0) is 5.92 Å². The van der Waals surface area contributed by atoms with Crippen LogP contribution in [0, 0.1) is 0 Å². The Morgan fingerprint density at radius 2 is 1.89 bits per heavy atom. The first-order valence-electron chi connectivity index (χ1n) is 4.14. The highest BCUT2D eigenvalue weighted by Crippen LogP contribution is 2.43. The molecule has 4 nitrogen and oxygen atoms in total. The Morgan fingerprint density at radius 3 is 2.44 bits per heavy atom. The second kappa shape index (κ2) is 3.95. The molecule has 0 bridgehead atoms. The first-order valence-corrected chi connectivity index (χ1v) is 5.75. The van der Waals surface area contributed by atoms with Crippen LogP contribution in [0.25, 0.3) is 4.96 Å². The molecule has 18 heavy (non-hydrogen) atoms. The Bertz CT molecular complexity index is 663. The maximum absolute atomic E-state index is 13.2. The molecule has 0 aliphatic rings. The lowest BCUT2D eigenvalue weighted by molar-refractivity contribution is -0.291. The van der Waals surface area contributed by atoms with Gasteiger partial charge in [0.2, 0.25) is 4.96 Å². The van der Waals surface area contributed by atoms with Gasteiger partial charge in [-0.25, -0.2) is 4.52 Å². The summed E-state index contributed by atoms with van der Waals surface area (Å²) >= 11 is 3.48. The van der Waals surface area contributed by atoms with Crippen molar-refractivity contribution in [3.05, 3.63) is 26.0 Å². The fourth-order valence-electron chi connectivity index (χ4n) is 1.16. The van der Waals surface area contributed by atoms with Crippen LogP contribution in [0.5, 0.6) is 0 Å². The average molecular weight is 350 g/mol. The minimum atomic E-state index is -5.82. The Kier molecular flexibility index (Phi) is 2.93. The van der Waals surface area contributed by atoms with E-state index in [4.69, 9.17) is 0 Å². The summed E-state index contributed by atoms with van der Waals surface area (Å²) in [4.78, 5) is 14.0. The summed E-state index contributed by atoms with van der Waals surface area (Å²) in [7, 11) is 0. The number of aromatic nitrogens is 3. The minimum Gasteiger partial charge on any atom is -0.267 e. The van der Waals surface area contributed by atoms with Crippen molar-refractivity contribution in [2.24, 2.45) is 0 Å². The highest BCUT2D eigenvalue weighted by Gasteiger charge is 2.60. The lowest BCUT2D eigenvalue weighted by Crippen LogP contribution is -2.36. The predicted octanol–water partition coefficient (Wildman–Crippen LogP) is 2.57. The van der Waals surface area contributed by atoms with Crippen LogP contribution in [0.4, 0.5) is 22.0 Å². The van der Waals surface area contributed by atoms with Gasteiger partial charge in [-0.3, -0.25) is 4.79 Å². The van der Waals surface area contributed by atoms with Crippen molar-refractivity contribution in [3.8, 4) is 0 Å². The lowest BCUT2D eigenvalue weighted by Gasteiger charge is -2.19. The van der Waals surface area contributed by atoms with Crippen molar-refractivity contribution in [2.45, 2.75) is 12.1 Å². The van der Waals surface area contributed by atoms with E-state index >= 15 is 0 Å². The maximum atomic E-state index is 13.2. The zero-order valence-corrected chi connectivity index (χ0v) is 10.4. The highest BCUT2D eigenvalue weighted by atomic mass is 79.9. The second-order valence-corrected chi connectivity index (χ2v) is 5.33. The molecule has 0 atom stereocenters. The van der Waals surface area contributed by atoms with E-state index in [1.807, 2.05) is 0 Å². The van der Waals surface area contributed by atoms with Crippen molar-refractivity contribution >= 4 is 32.2 Å². The number of rotatable bonds is 1. The monoisotopic (exact) mass is 349 g/mol. The second-order valence-electron chi connectivity index (χ2n) is 3.10. The first-order chi connectivity index (χ1) is 8.13. The fraction of sp³-hybridized carbons (Fsp3) is 0.286. The minimum absolute atomic E-state index is 0.0276. The molecule has 0 radical (unpaired) electrons. The van der Waals surface area contributed by atoms with Gasteiger partial charge in [-0.2, -0.15) is 26.9 Å². The zero-order valence-electron chi connectivity index (χ0n) is 8.00. The van der Waals surface area contributed by atoms with E-state index < -0.39 is 23.4 Å². The van der Waals surface area contributed by atoms with Gasteiger partial charge >= 0.3 is 12.1 Å². The molecule has 0 N–H and O–H groups in total. The fourth-order valence-corrected chi connectivity index (χ4v) is 2.39. The summed E-state index contributed by atoms with van der Waals surface area (Å²) in [5, 5.41) is 3.40.